The maximum Gasteiger partial charge on any atom is 0.273 e. The predicted molar refractivity (Wildman–Crippen MR) is 106 cm³/mol. The van der Waals surface area contributed by atoms with Crippen molar-refractivity contribution in [2.24, 2.45) is 0 Å². The molecule has 1 saturated carbocycles. The summed E-state index contributed by atoms with van der Waals surface area (Å²) >= 11 is 0. The molecular formula is C21H29N3O4. The largest absolute Gasteiger partial charge is 0.497 e. The molecule has 0 aliphatic heterocycles. The van der Waals surface area contributed by atoms with E-state index in [4.69, 9.17) is 13.9 Å². The first-order chi connectivity index (χ1) is 13.5. The van der Waals surface area contributed by atoms with E-state index >= 15 is 0 Å². The first-order valence-electron chi connectivity index (χ1n) is 9.74. The van der Waals surface area contributed by atoms with E-state index in [9.17, 15) is 4.79 Å². The lowest BCUT2D eigenvalue weighted by Crippen LogP contribution is -2.32. The molecule has 1 atom stereocenters. The SMILES string of the molecule is CC[C@@H](C)N(Cc1nc(C(=O)NC2CC2)co1)Cc1ccc(OC)cc1OC. The molecule has 0 radical (unpaired) electrons. The summed E-state index contributed by atoms with van der Waals surface area (Å²) in [5, 5.41) is 2.93. The van der Waals surface area contributed by atoms with E-state index in [0.717, 1.165) is 36.3 Å². The summed E-state index contributed by atoms with van der Waals surface area (Å²) < 4.78 is 16.4. The number of amides is 1. The molecule has 0 saturated heterocycles. The summed E-state index contributed by atoms with van der Waals surface area (Å²) in [6.07, 6.45) is 4.51. The number of carbonyl (C=O) groups excluding carboxylic acids is 1. The molecule has 28 heavy (non-hydrogen) atoms. The van der Waals surface area contributed by atoms with Crippen LogP contribution in [0.5, 0.6) is 11.5 Å². The minimum atomic E-state index is -0.163. The third-order valence-electron chi connectivity index (χ3n) is 5.12. The fourth-order valence-electron chi connectivity index (χ4n) is 2.98. The molecule has 7 heteroatoms. The Morgan fingerprint density at radius 3 is 2.75 bits per heavy atom. The van der Waals surface area contributed by atoms with Gasteiger partial charge in [0.05, 0.1) is 20.8 Å². The molecule has 1 amide bonds. The van der Waals surface area contributed by atoms with Crippen molar-refractivity contribution in [3.8, 4) is 11.5 Å². The Bertz CT molecular complexity index is 801. The monoisotopic (exact) mass is 387 g/mol. The molecule has 152 valence electrons. The van der Waals surface area contributed by atoms with Gasteiger partial charge in [-0.3, -0.25) is 9.69 Å². The third-order valence-corrected chi connectivity index (χ3v) is 5.12. The lowest BCUT2D eigenvalue weighted by Gasteiger charge is -2.27. The van der Waals surface area contributed by atoms with E-state index in [0.29, 0.717) is 36.8 Å². The number of oxazole rings is 1. The van der Waals surface area contributed by atoms with Crippen molar-refractivity contribution >= 4 is 5.91 Å². The third kappa shape index (κ3) is 5.04. The molecule has 1 aliphatic carbocycles. The van der Waals surface area contributed by atoms with E-state index in [-0.39, 0.29) is 5.91 Å². The van der Waals surface area contributed by atoms with Crippen LogP contribution in [0.2, 0.25) is 0 Å². The molecule has 0 unspecified atom stereocenters. The van der Waals surface area contributed by atoms with Crippen molar-refractivity contribution in [3.63, 3.8) is 0 Å². The zero-order chi connectivity index (χ0) is 20.1. The maximum atomic E-state index is 12.1. The number of aromatic nitrogens is 1. The van der Waals surface area contributed by atoms with Gasteiger partial charge in [-0.05, 0) is 32.3 Å². The lowest BCUT2D eigenvalue weighted by molar-refractivity contribution is 0.0946. The van der Waals surface area contributed by atoms with E-state index in [2.05, 4.69) is 29.0 Å². The minimum Gasteiger partial charge on any atom is -0.497 e. The zero-order valence-corrected chi connectivity index (χ0v) is 17.0. The van der Waals surface area contributed by atoms with Crippen LogP contribution in [0.15, 0.2) is 28.9 Å². The number of nitrogens with one attached hydrogen (secondary N) is 1. The van der Waals surface area contributed by atoms with Gasteiger partial charge in [0, 0.05) is 30.3 Å². The van der Waals surface area contributed by atoms with Gasteiger partial charge in [0.25, 0.3) is 5.91 Å². The van der Waals surface area contributed by atoms with Crippen LogP contribution in [-0.4, -0.2) is 42.1 Å². The topological polar surface area (TPSA) is 76.8 Å². The van der Waals surface area contributed by atoms with E-state index < -0.39 is 0 Å². The van der Waals surface area contributed by atoms with Gasteiger partial charge in [0.2, 0.25) is 5.89 Å². The van der Waals surface area contributed by atoms with Crippen molar-refractivity contribution in [2.45, 2.75) is 58.3 Å². The molecule has 7 nitrogen and oxygen atoms in total. The normalized spacial score (nSPS) is 14.8. The number of hydrogen-bond donors (Lipinski definition) is 1. The highest BCUT2D eigenvalue weighted by atomic mass is 16.5. The van der Waals surface area contributed by atoms with Crippen molar-refractivity contribution in [1.82, 2.24) is 15.2 Å². The summed E-state index contributed by atoms with van der Waals surface area (Å²) in [4.78, 5) is 18.8. The average Bonchev–Trinajstić information content (AvgIpc) is 3.40. The zero-order valence-electron chi connectivity index (χ0n) is 17.0. The Hall–Kier alpha value is -2.54. The quantitative estimate of drug-likeness (QED) is 0.673. The number of rotatable bonds is 10. The number of nitrogens with zero attached hydrogens (tertiary/aromatic N) is 2. The molecule has 3 rings (SSSR count). The van der Waals surface area contributed by atoms with Gasteiger partial charge < -0.3 is 19.2 Å². The number of hydrogen-bond acceptors (Lipinski definition) is 6. The van der Waals surface area contributed by atoms with Gasteiger partial charge in [-0.25, -0.2) is 4.98 Å². The van der Waals surface area contributed by atoms with Crippen molar-refractivity contribution in [1.29, 1.82) is 0 Å². The number of ether oxygens (including phenoxy) is 2. The van der Waals surface area contributed by atoms with Gasteiger partial charge in [-0.15, -0.1) is 0 Å². The highest BCUT2D eigenvalue weighted by Crippen LogP contribution is 2.27. The highest BCUT2D eigenvalue weighted by Gasteiger charge is 2.26. The fourth-order valence-corrected chi connectivity index (χ4v) is 2.98. The molecule has 2 aromatic rings. The second-order valence-corrected chi connectivity index (χ2v) is 7.21. The molecule has 0 bridgehead atoms. The van der Waals surface area contributed by atoms with E-state index in [1.807, 2.05) is 18.2 Å². The molecule has 1 heterocycles. The van der Waals surface area contributed by atoms with Crippen LogP contribution in [0.25, 0.3) is 0 Å². The van der Waals surface area contributed by atoms with Crippen LogP contribution in [0.4, 0.5) is 0 Å². The summed E-state index contributed by atoms with van der Waals surface area (Å²) in [6.45, 7) is 5.50. The number of carbonyl (C=O) groups is 1. The maximum absolute atomic E-state index is 12.1. The minimum absolute atomic E-state index is 0.163. The highest BCUT2D eigenvalue weighted by molar-refractivity contribution is 5.92. The summed E-state index contributed by atoms with van der Waals surface area (Å²) in [5.74, 6) is 1.91. The van der Waals surface area contributed by atoms with Crippen LogP contribution >= 0.6 is 0 Å². The van der Waals surface area contributed by atoms with Crippen LogP contribution in [0.3, 0.4) is 0 Å². The first kappa shape index (κ1) is 20.2. The standard InChI is InChI=1S/C21H29N3O4/c1-5-14(2)24(11-15-6-9-17(26-3)10-19(15)27-4)12-20-23-18(13-28-20)21(25)22-16-7-8-16/h6,9-10,13-14,16H,5,7-8,11-12H2,1-4H3,(H,22,25)/t14-/m1/s1. The van der Waals surface area contributed by atoms with Crippen LogP contribution in [0, 0.1) is 0 Å². The molecule has 1 aromatic heterocycles. The average molecular weight is 387 g/mol. The lowest BCUT2D eigenvalue weighted by atomic mass is 10.1. The predicted octanol–water partition coefficient (Wildman–Crippen LogP) is 3.38. The second kappa shape index (κ2) is 9.10. The van der Waals surface area contributed by atoms with Gasteiger partial charge in [-0.2, -0.15) is 0 Å². The van der Waals surface area contributed by atoms with Gasteiger partial charge in [0.1, 0.15) is 17.8 Å². The van der Waals surface area contributed by atoms with Crippen molar-refractivity contribution in [3.05, 3.63) is 41.6 Å². The van der Waals surface area contributed by atoms with Crippen molar-refractivity contribution < 1.29 is 18.7 Å². The number of methoxy groups -OCH3 is 2. The fraction of sp³-hybridized carbons (Fsp3) is 0.524. The van der Waals surface area contributed by atoms with E-state index in [1.54, 1.807) is 14.2 Å². The number of benzene rings is 1. The van der Waals surface area contributed by atoms with Crippen LogP contribution in [-0.2, 0) is 13.1 Å². The Balaban J connectivity index is 1.72. The molecule has 1 aliphatic rings. The van der Waals surface area contributed by atoms with Gasteiger partial charge in [0.15, 0.2) is 5.69 Å². The summed E-state index contributed by atoms with van der Waals surface area (Å²) in [6, 6.07) is 6.43. The van der Waals surface area contributed by atoms with E-state index in [1.165, 1.54) is 6.26 Å². The molecular weight excluding hydrogens is 358 g/mol. The Morgan fingerprint density at radius 1 is 1.32 bits per heavy atom. The summed E-state index contributed by atoms with van der Waals surface area (Å²) in [7, 11) is 3.30. The van der Waals surface area contributed by atoms with Gasteiger partial charge >= 0.3 is 0 Å². The molecule has 0 spiro atoms. The van der Waals surface area contributed by atoms with Crippen molar-refractivity contribution in [2.75, 3.05) is 14.2 Å². The Kier molecular flexibility index (Phi) is 6.57. The summed E-state index contributed by atoms with van der Waals surface area (Å²) in [5.41, 5.74) is 1.40. The van der Waals surface area contributed by atoms with Gasteiger partial charge in [-0.1, -0.05) is 13.0 Å². The molecule has 1 N–H and O–H groups in total. The van der Waals surface area contributed by atoms with Crippen LogP contribution < -0.4 is 14.8 Å². The Morgan fingerprint density at radius 2 is 2.11 bits per heavy atom. The smallest absolute Gasteiger partial charge is 0.273 e. The molecule has 1 aromatic carbocycles. The first-order valence-corrected chi connectivity index (χ1v) is 9.74. The Labute approximate surface area is 166 Å². The molecule has 1 fully saturated rings. The van der Waals surface area contributed by atoms with Crippen LogP contribution in [0.1, 0.15) is 55.1 Å². The second-order valence-electron chi connectivity index (χ2n) is 7.21.